The summed E-state index contributed by atoms with van der Waals surface area (Å²) in [5.74, 6) is -4.76. The van der Waals surface area contributed by atoms with Crippen LogP contribution in [0.15, 0.2) is 36.4 Å². The second-order valence-corrected chi connectivity index (χ2v) is 5.86. The summed E-state index contributed by atoms with van der Waals surface area (Å²) in [7, 11) is 0. The van der Waals surface area contributed by atoms with Crippen LogP contribution in [-0.4, -0.2) is 24.4 Å². The topological polar surface area (TPSA) is 58.2 Å². The molecule has 4 nitrogen and oxygen atoms in total. The Morgan fingerprint density at radius 1 is 0.960 bits per heavy atom. The zero-order chi connectivity index (χ0) is 18.0. The van der Waals surface area contributed by atoms with Crippen molar-refractivity contribution in [1.82, 2.24) is 10.6 Å². The van der Waals surface area contributed by atoms with E-state index in [2.05, 4.69) is 10.6 Å². The number of nitrogens with one attached hydrogen (secondary N) is 2. The number of hydrogen-bond acceptors (Lipinski definition) is 2. The number of carbonyl (C=O) groups excluding carboxylic acids is 2. The van der Waals surface area contributed by atoms with Crippen molar-refractivity contribution in [2.24, 2.45) is 0 Å². The van der Waals surface area contributed by atoms with Crippen LogP contribution in [0.3, 0.4) is 0 Å². The van der Waals surface area contributed by atoms with Gasteiger partial charge in [0.15, 0.2) is 17.5 Å². The highest BCUT2D eigenvalue weighted by atomic mass is 19.2. The lowest BCUT2D eigenvalue weighted by Crippen LogP contribution is -2.37. The first-order chi connectivity index (χ1) is 11.9. The van der Waals surface area contributed by atoms with Crippen molar-refractivity contribution in [1.29, 1.82) is 0 Å². The fraction of sp³-hybridized carbons (Fsp3) is 0.222. The highest BCUT2D eigenvalue weighted by Crippen LogP contribution is 2.24. The summed E-state index contributed by atoms with van der Waals surface area (Å²) in [5.41, 5.74) is 0.888. The Bertz CT molecular complexity index is 795. The number of halogens is 3. The van der Waals surface area contributed by atoms with E-state index in [1.54, 1.807) is 0 Å². The van der Waals surface area contributed by atoms with Crippen LogP contribution in [0.4, 0.5) is 13.2 Å². The zero-order valence-electron chi connectivity index (χ0n) is 13.1. The summed E-state index contributed by atoms with van der Waals surface area (Å²) in [6.07, 6.45) is 1.93. The van der Waals surface area contributed by atoms with Crippen molar-refractivity contribution in [3.63, 3.8) is 0 Å². The van der Waals surface area contributed by atoms with Gasteiger partial charge < -0.3 is 10.6 Å². The molecule has 0 saturated heterocycles. The first kappa shape index (κ1) is 17.0. The number of benzene rings is 2. The Labute approximate surface area is 142 Å². The molecule has 0 radical (unpaired) electrons. The minimum Gasteiger partial charge on any atom is -0.352 e. The van der Waals surface area contributed by atoms with E-state index in [1.807, 2.05) is 0 Å². The molecule has 1 aliphatic carbocycles. The molecular formula is C18H15F3N2O2. The largest absolute Gasteiger partial charge is 0.352 e. The smallest absolute Gasteiger partial charge is 0.251 e. The summed E-state index contributed by atoms with van der Waals surface area (Å²) in [6, 6.07) is 7.90. The van der Waals surface area contributed by atoms with Crippen LogP contribution in [0, 0.1) is 17.5 Å². The highest BCUT2D eigenvalue weighted by molar-refractivity contribution is 5.96. The second-order valence-electron chi connectivity index (χ2n) is 5.86. The molecule has 2 aromatic rings. The van der Waals surface area contributed by atoms with Crippen LogP contribution in [0.2, 0.25) is 0 Å². The van der Waals surface area contributed by atoms with Gasteiger partial charge in [-0.3, -0.25) is 9.59 Å². The van der Waals surface area contributed by atoms with E-state index in [1.165, 1.54) is 24.3 Å². The third-order valence-electron chi connectivity index (χ3n) is 3.82. The monoisotopic (exact) mass is 348 g/mol. The molecule has 2 amide bonds. The van der Waals surface area contributed by atoms with Crippen LogP contribution in [0.5, 0.6) is 0 Å². The van der Waals surface area contributed by atoms with E-state index in [-0.39, 0.29) is 24.1 Å². The van der Waals surface area contributed by atoms with Crippen molar-refractivity contribution in [2.45, 2.75) is 18.9 Å². The van der Waals surface area contributed by atoms with E-state index in [9.17, 15) is 22.8 Å². The normalized spacial score (nSPS) is 13.4. The molecule has 0 aliphatic heterocycles. The predicted octanol–water partition coefficient (Wildman–Crippen LogP) is 2.78. The SMILES string of the molecule is O=C(CNC(=O)c1ccc(-c2cc(F)c(F)c(F)c2)cc1)NC1CC1. The standard InChI is InChI=1S/C18H15F3N2O2/c19-14-7-12(8-15(20)17(14)21)10-1-3-11(4-2-10)18(25)22-9-16(24)23-13-5-6-13/h1-4,7-8,13H,5-6,9H2,(H,22,25)(H,23,24). The minimum atomic E-state index is -1.52. The average molecular weight is 348 g/mol. The van der Waals surface area contributed by atoms with Gasteiger partial charge in [0.1, 0.15) is 0 Å². The number of amides is 2. The van der Waals surface area contributed by atoms with Crippen molar-refractivity contribution in [3.05, 3.63) is 59.4 Å². The average Bonchev–Trinajstić information content (AvgIpc) is 3.41. The lowest BCUT2D eigenvalue weighted by atomic mass is 10.0. The fourth-order valence-electron chi connectivity index (χ4n) is 2.31. The van der Waals surface area contributed by atoms with Gasteiger partial charge in [-0.15, -0.1) is 0 Å². The molecule has 0 atom stereocenters. The zero-order valence-corrected chi connectivity index (χ0v) is 13.1. The van der Waals surface area contributed by atoms with E-state index in [0.717, 1.165) is 25.0 Å². The third kappa shape index (κ3) is 4.17. The predicted molar refractivity (Wildman–Crippen MR) is 85.2 cm³/mol. The maximum atomic E-state index is 13.3. The van der Waals surface area contributed by atoms with Crippen molar-refractivity contribution < 1.29 is 22.8 Å². The van der Waals surface area contributed by atoms with E-state index in [0.29, 0.717) is 11.1 Å². The van der Waals surface area contributed by atoms with E-state index < -0.39 is 23.4 Å². The minimum absolute atomic E-state index is 0.120. The Hall–Kier alpha value is -2.83. The molecule has 1 fully saturated rings. The Balaban J connectivity index is 1.65. The van der Waals surface area contributed by atoms with Crippen LogP contribution >= 0.6 is 0 Å². The fourth-order valence-corrected chi connectivity index (χ4v) is 2.31. The first-order valence-electron chi connectivity index (χ1n) is 7.76. The summed E-state index contributed by atoms with van der Waals surface area (Å²) in [4.78, 5) is 23.5. The van der Waals surface area contributed by atoms with Crippen LogP contribution in [0.1, 0.15) is 23.2 Å². The molecule has 0 spiro atoms. The van der Waals surface area contributed by atoms with Crippen LogP contribution in [-0.2, 0) is 4.79 Å². The second kappa shape index (κ2) is 6.96. The maximum Gasteiger partial charge on any atom is 0.251 e. The van der Waals surface area contributed by atoms with Gasteiger partial charge in [0.2, 0.25) is 5.91 Å². The molecule has 1 aliphatic rings. The van der Waals surface area contributed by atoms with Gasteiger partial charge in [-0.1, -0.05) is 12.1 Å². The highest BCUT2D eigenvalue weighted by Gasteiger charge is 2.23. The number of hydrogen-bond donors (Lipinski definition) is 2. The third-order valence-corrected chi connectivity index (χ3v) is 3.82. The Morgan fingerprint density at radius 2 is 1.56 bits per heavy atom. The van der Waals surface area contributed by atoms with Gasteiger partial charge in [0.25, 0.3) is 5.91 Å². The number of rotatable bonds is 5. The van der Waals surface area contributed by atoms with Crippen molar-refractivity contribution in [2.75, 3.05) is 6.54 Å². The van der Waals surface area contributed by atoms with Crippen molar-refractivity contribution in [3.8, 4) is 11.1 Å². The van der Waals surface area contributed by atoms with Gasteiger partial charge in [-0.2, -0.15) is 0 Å². The molecule has 0 aromatic heterocycles. The lowest BCUT2D eigenvalue weighted by Gasteiger charge is -2.07. The maximum absolute atomic E-state index is 13.3. The molecule has 0 unspecified atom stereocenters. The van der Waals surface area contributed by atoms with Crippen LogP contribution < -0.4 is 10.6 Å². The number of carbonyl (C=O) groups is 2. The van der Waals surface area contributed by atoms with Gasteiger partial charge in [-0.05, 0) is 48.2 Å². The van der Waals surface area contributed by atoms with E-state index >= 15 is 0 Å². The van der Waals surface area contributed by atoms with Crippen molar-refractivity contribution >= 4 is 11.8 Å². The van der Waals surface area contributed by atoms with E-state index in [4.69, 9.17) is 0 Å². The molecule has 7 heteroatoms. The molecule has 130 valence electrons. The molecule has 2 aromatic carbocycles. The Morgan fingerprint density at radius 3 is 2.12 bits per heavy atom. The first-order valence-corrected chi connectivity index (χ1v) is 7.76. The molecule has 0 bridgehead atoms. The Kier molecular flexibility index (Phi) is 4.74. The summed E-state index contributed by atoms with van der Waals surface area (Å²) >= 11 is 0. The lowest BCUT2D eigenvalue weighted by molar-refractivity contribution is -0.120. The quantitative estimate of drug-likeness (QED) is 0.817. The molecule has 1 saturated carbocycles. The summed E-state index contributed by atoms with van der Waals surface area (Å²) in [5, 5.41) is 5.25. The van der Waals surface area contributed by atoms with Gasteiger partial charge in [0, 0.05) is 11.6 Å². The molecule has 3 rings (SSSR count). The summed E-state index contributed by atoms with van der Waals surface area (Å²) < 4.78 is 39.6. The molecule has 25 heavy (non-hydrogen) atoms. The van der Waals surface area contributed by atoms with Gasteiger partial charge >= 0.3 is 0 Å². The summed E-state index contributed by atoms with van der Waals surface area (Å²) in [6.45, 7) is -0.120. The van der Waals surface area contributed by atoms with Gasteiger partial charge in [0.05, 0.1) is 6.54 Å². The van der Waals surface area contributed by atoms with Gasteiger partial charge in [-0.25, -0.2) is 13.2 Å². The molecular weight excluding hydrogens is 333 g/mol. The molecule has 0 heterocycles. The van der Waals surface area contributed by atoms with Crippen LogP contribution in [0.25, 0.3) is 11.1 Å². The molecule has 2 N–H and O–H groups in total.